The Morgan fingerprint density at radius 2 is 2.15 bits per heavy atom. The predicted octanol–water partition coefficient (Wildman–Crippen LogP) is 3.82. The Hall–Kier alpha value is -1.03. The van der Waals surface area contributed by atoms with Crippen LogP contribution in [-0.4, -0.2) is 19.3 Å². The summed E-state index contributed by atoms with van der Waals surface area (Å²) in [4.78, 5) is 4.78. The Labute approximate surface area is 125 Å². The van der Waals surface area contributed by atoms with Crippen molar-refractivity contribution < 1.29 is 0 Å². The fourth-order valence-electron chi connectivity index (χ4n) is 3.69. The number of rotatable bonds is 3. The molecule has 1 aliphatic rings. The summed E-state index contributed by atoms with van der Waals surface area (Å²) < 4.78 is 4.34. The van der Waals surface area contributed by atoms with Crippen LogP contribution in [-0.2, 0) is 19.3 Å². The molecular weight excluding hydrogens is 272 g/mol. The molecule has 0 aliphatic heterocycles. The lowest BCUT2D eigenvalue weighted by molar-refractivity contribution is 0.260. The molecule has 1 saturated carbocycles. The lowest BCUT2D eigenvalue weighted by Crippen LogP contribution is -2.23. The van der Waals surface area contributed by atoms with E-state index in [9.17, 15) is 0 Å². The number of fused-ring (bicyclic) bond motifs is 1. The topological polar surface area (TPSA) is 35.6 Å². The molecule has 110 valence electrons. The van der Waals surface area contributed by atoms with E-state index < -0.39 is 0 Å². The summed E-state index contributed by atoms with van der Waals surface area (Å²) >= 11 is 6.17. The first kappa shape index (κ1) is 13.9. The van der Waals surface area contributed by atoms with Crippen LogP contribution in [0.4, 0.5) is 0 Å². The normalized spacial score (nSPS) is 21.9. The monoisotopic (exact) mass is 294 g/mol. The Morgan fingerprint density at radius 1 is 1.40 bits per heavy atom. The maximum Gasteiger partial charge on any atom is 0.158 e. The van der Waals surface area contributed by atoms with Crippen LogP contribution in [0.2, 0.25) is 0 Å². The summed E-state index contributed by atoms with van der Waals surface area (Å²) in [5, 5.41) is 4.61. The van der Waals surface area contributed by atoms with Gasteiger partial charge in [-0.05, 0) is 24.7 Å². The van der Waals surface area contributed by atoms with Gasteiger partial charge in [-0.25, -0.2) is 4.98 Å². The number of hydrogen-bond donors (Lipinski definition) is 0. The number of imidazole rings is 1. The Kier molecular flexibility index (Phi) is 3.32. The summed E-state index contributed by atoms with van der Waals surface area (Å²) in [7, 11) is 2.01. The SMILES string of the molecule is CCc1nn(C)c2c1nc(CCl)n2C1CCCC1(C)C. The molecule has 1 atom stereocenters. The van der Waals surface area contributed by atoms with Crippen molar-refractivity contribution in [2.75, 3.05) is 0 Å². The number of alkyl halides is 1. The maximum absolute atomic E-state index is 6.17. The zero-order valence-electron chi connectivity index (χ0n) is 12.8. The smallest absolute Gasteiger partial charge is 0.158 e. The molecule has 20 heavy (non-hydrogen) atoms. The summed E-state index contributed by atoms with van der Waals surface area (Å²) in [6, 6.07) is 0.473. The first-order valence-corrected chi connectivity index (χ1v) is 8.01. The van der Waals surface area contributed by atoms with E-state index in [1.165, 1.54) is 19.3 Å². The number of nitrogens with zero attached hydrogens (tertiary/aromatic N) is 4. The number of aromatic nitrogens is 4. The molecule has 5 heteroatoms. The van der Waals surface area contributed by atoms with Crippen LogP contribution in [0.15, 0.2) is 0 Å². The number of halogens is 1. The molecule has 0 bridgehead atoms. The standard InChI is InChI=1S/C15H23ClN4/c1-5-10-13-14(19(4)18-10)20(12(9-16)17-13)11-7-6-8-15(11,2)3/h11H,5-9H2,1-4H3. The maximum atomic E-state index is 6.17. The van der Waals surface area contributed by atoms with Gasteiger partial charge in [0.2, 0.25) is 0 Å². The highest BCUT2D eigenvalue weighted by Gasteiger charge is 2.38. The number of aryl methyl sites for hydroxylation is 2. The first-order chi connectivity index (χ1) is 9.49. The Bertz CT molecular complexity index is 638. The van der Waals surface area contributed by atoms with Crippen LogP contribution in [0, 0.1) is 5.41 Å². The highest BCUT2D eigenvalue weighted by Crippen LogP contribution is 2.47. The lowest BCUT2D eigenvalue weighted by Gasteiger charge is -2.29. The van der Waals surface area contributed by atoms with Crippen LogP contribution in [0.5, 0.6) is 0 Å². The van der Waals surface area contributed by atoms with E-state index in [4.69, 9.17) is 16.6 Å². The third-order valence-electron chi connectivity index (χ3n) is 4.78. The van der Waals surface area contributed by atoms with Crippen molar-refractivity contribution in [3.05, 3.63) is 11.5 Å². The summed E-state index contributed by atoms with van der Waals surface area (Å²) in [5.74, 6) is 1.45. The zero-order valence-corrected chi connectivity index (χ0v) is 13.5. The molecule has 0 amide bonds. The molecule has 2 heterocycles. The minimum absolute atomic E-state index is 0.297. The molecule has 0 spiro atoms. The molecule has 0 radical (unpaired) electrons. The van der Waals surface area contributed by atoms with E-state index in [0.717, 1.165) is 29.1 Å². The minimum Gasteiger partial charge on any atom is -0.308 e. The van der Waals surface area contributed by atoms with Gasteiger partial charge in [-0.1, -0.05) is 27.2 Å². The van der Waals surface area contributed by atoms with E-state index in [0.29, 0.717) is 17.3 Å². The summed E-state index contributed by atoms with van der Waals surface area (Å²) in [5.41, 5.74) is 3.54. The van der Waals surface area contributed by atoms with Crippen LogP contribution >= 0.6 is 11.6 Å². The molecule has 2 aromatic heterocycles. The van der Waals surface area contributed by atoms with Gasteiger partial charge < -0.3 is 4.57 Å². The molecule has 1 aliphatic carbocycles. The predicted molar refractivity (Wildman–Crippen MR) is 82.1 cm³/mol. The molecule has 4 nitrogen and oxygen atoms in total. The minimum atomic E-state index is 0.297. The van der Waals surface area contributed by atoms with Crippen molar-refractivity contribution >= 4 is 22.8 Å². The summed E-state index contributed by atoms with van der Waals surface area (Å²) in [6.45, 7) is 6.83. The van der Waals surface area contributed by atoms with Gasteiger partial charge >= 0.3 is 0 Å². The van der Waals surface area contributed by atoms with Gasteiger partial charge in [0.15, 0.2) is 5.65 Å². The van der Waals surface area contributed by atoms with Crippen LogP contribution in [0.3, 0.4) is 0 Å². The molecule has 3 rings (SSSR count). The third kappa shape index (κ3) is 1.88. The van der Waals surface area contributed by atoms with Crippen molar-refractivity contribution in [1.29, 1.82) is 0 Å². The average Bonchev–Trinajstić information content (AvgIpc) is 3.02. The van der Waals surface area contributed by atoms with Gasteiger partial charge in [-0.3, -0.25) is 4.68 Å². The van der Waals surface area contributed by atoms with Crippen molar-refractivity contribution in [3.63, 3.8) is 0 Å². The largest absolute Gasteiger partial charge is 0.308 e. The van der Waals surface area contributed by atoms with Gasteiger partial charge in [-0.15, -0.1) is 11.6 Å². The molecule has 0 N–H and O–H groups in total. The molecule has 1 fully saturated rings. The van der Waals surface area contributed by atoms with Crippen molar-refractivity contribution in [1.82, 2.24) is 19.3 Å². The highest BCUT2D eigenvalue weighted by molar-refractivity contribution is 6.16. The Balaban J connectivity index is 2.25. The van der Waals surface area contributed by atoms with Crippen molar-refractivity contribution in [2.24, 2.45) is 12.5 Å². The van der Waals surface area contributed by atoms with Crippen molar-refractivity contribution in [2.45, 2.75) is 58.4 Å². The van der Waals surface area contributed by atoms with Crippen LogP contribution in [0.1, 0.15) is 57.6 Å². The summed E-state index contributed by atoms with van der Waals surface area (Å²) in [6.07, 6.45) is 4.65. The van der Waals surface area contributed by atoms with Gasteiger partial charge in [-0.2, -0.15) is 5.10 Å². The van der Waals surface area contributed by atoms with E-state index in [-0.39, 0.29) is 0 Å². The third-order valence-corrected chi connectivity index (χ3v) is 5.02. The van der Waals surface area contributed by atoms with E-state index in [1.807, 2.05) is 11.7 Å². The molecule has 0 saturated heterocycles. The number of hydrogen-bond acceptors (Lipinski definition) is 2. The lowest BCUT2D eigenvalue weighted by atomic mass is 9.87. The molecule has 0 aromatic carbocycles. The van der Waals surface area contributed by atoms with Gasteiger partial charge in [0.05, 0.1) is 11.6 Å². The van der Waals surface area contributed by atoms with E-state index in [2.05, 4.69) is 30.4 Å². The second-order valence-electron chi connectivity index (χ2n) is 6.52. The first-order valence-electron chi connectivity index (χ1n) is 7.48. The van der Waals surface area contributed by atoms with Crippen molar-refractivity contribution in [3.8, 4) is 0 Å². The van der Waals surface area contributed by atoms with Gasteiger partial charge in [0.1, 0.15) is 11.3 Å². The van der Waals surface area contributed by atoms with Gasteiger partial charge in [0.25, 0.3) is 0 Å². The van der Waals surface area contributed by atoms with Crippen LogP contribution in [0.25, 0.3) is 11.2 Å². The zero-order chi connectivity index (χ0) is 14.5. The van der Waals surface area contributed by atoms with Crippen LogP contribution < -0.4 is 0 Å². The second-order valence-corrected chi connectivity index (χ2v) is 6.79. The molecule has 1 unspecified atom stereocenters. The second kappa shape index (κ2) is 4.76. The fraction of sp³-hybridized carbons (Fsp3) is 0.733. The van der Waals surface area contributed by atoms with E-state index >= 15 is 0 Å². The Morgan fingerprint density at radius 3 is 2.70 bits per heavy atom. The fourth-order valence-corrected chi connectivity index (χ4v) is 3.88. The quantitative estimate of drug-likeness (QED) is 0.807. The van der Waals surface area contributed by atoms with E-state index in [1.54, 1.807) is 0 Å². The van der Waals surface area contributed by atoms with Gasteiger partial charge in [0, 0.05) is 13.1 Å². The molecule has 2 aromatic rings. The highest BCUT2D eigenvalue weighted by atomic mass is 35.5. The average molecular weight is 295 g/mol. The molecular formula is C15H23ClN4.